The molecule has 2 unspecified atom stereocenters. The van der Waals surface area contributed by atoms with Crippen LogP contribution >= 0.6 is 0 Å². The minimum Gasteiger partial charge on any atom is -0.383 e. The molecule has 5 heteroatoms. The summed E-state index contributed by atoms with van der Waals surface area (Å²) >= 11 is 0. The zero-order valence-corrected chi connectivity index (χ0v) is 9.20. The van der Waals surface area contributed by atoms with Crippen molar-refractivity contribution >= 4 is 5.91 Å². The highest BCUT2D eigenvalue weighted by Crippen LogP contribution is 2.19. The maximum atomic E-state index is 11.2. The fourth-order valence-corrected chi connectivity index (χ4v) is 1.69. The lowest BCUT2D eigenvalue weighted by Crippen LogP contribution is -2.36. The van der Waals surface area contributed by atoms with Crippen molar-refractivity contribution in [1.82, 2.24) is 5.32 Å². The van der Waals surface area contributed by atoms with E-state index < -0.39 is 0 Å². The van der Waals surface area contributed by atoms with Gasteiger partial charge in [0.1, 0.15) is 6.61 Å². The molecule has 2 atom stereocenters. The third-order valence-corrected chi connectivity index (χ3v) is 2.56. The number of hydrogen-bond acceptors (Lipinski definition) is 4. The van der Waals surface area contributed by atoms with Crippen molar-refractivity contribution in [1.29, 1.82) is 0 Å². The highest BCUT2D eigenvalue weighted by molar-refractivity contribution is 5.77. The summed E-state index contributed by atoms with van der Waals surface area (Å²) in [5.74, 6) is -0.105. The van der Waals surface area contributed by atoms with E-state index in [1.807, 2.05) is 0 Å². The van der Waals surface area contributed by atoms with Crippen LogP contribution in [0.4, 0.5) is 0 Å². The van der Waals surface area contributed by atoms with E-state index in [4.69, 9.17) is 15.2 Å². The molecule has 1 fully saturated rings. The molecule has 1 aliphatic carbocycles. The highest BCUT2D eigenvalue weighted by Gasteiger charge is 2.24. The Morgan fingerprint density at radius 2 is 2.33 bits per heavy atom. The summed E-state index contributed by atoms with van der Waals surface area (Å²) in [7, 11) is 1.60. The average molecular weight is 216 g/mol. The van der Waals surface area contributed by atoms with Gasteiger partial charge in [0.2, 0.25) is 5.91 Å². The van der Waals surface area contributed by atoms with Crippen molar-refractivity contribution < 1.29 is 14.3 Å². The van der Waals surface area contributed by atoms with Crippen molar-refractivity contribution in [3.63, 3.8) is 0 Å². The largest absolute Gasteiger partial charge is 0.383 e. The van der Waals surface area contributed by atoms with Crippen LogP contribution in [-0.2, 0) is 14.3 Å². The van der Waals surface area contributed by atoms with Gasteiger partial charge in [0, 0.05) is 19.7 Å². The van der Waals surface area contributed by atoms with E-state index in [2.05, 4.69) is 5.32 Å². The molecule has 0 saturated heterocycles. The minimum absolute atomic E-state index is 0.0539. The first-order valence-corrected chi connectivity index (χ1v) is 5.37. The Balaban J connectivity index is 2.05. The normalized spacial score (nSPS) is 25.5. The Morgan fingerprint density at radius 1 is 1.53 bits per heavy atom. The molecule has 0 bridgehead atoms. The minimum atomic E-state index is -0.105. The zero-order valence-electron chi connectivity index (χ0n) is 9.20. The number of nitrogens with one attached hydrogen (secondary N) is 1. The lowest BCUT2D eigenvalue weighted by Gasteiger charge is -2.15. The molecule has 1 amide bonds. The van der Waals surface area contributed by atoms with Crippen molar-refractivity contribution in [2.45, 2.75) is 31.4 Å². The molecular weight excluding hydrogens is 196 g/mol. The van der Waals surface area contributed by atoms with Crippen molar-refractivity contribution in [2.75, 3.05) is 26.9 Å². The van der Waals surface area contributed by atoms with E-state index in [1.54, 1.807) is 7.11 Å². The Labute approximate surface area is 90.3 Å². The molecule has 1 saturated carbocycles. The van der Waals surface area contributed by atoms with Gasteiger partial charge in [-0.05, 0) is 19.3 Å². The van der Waals surface area contributed by atoms with E-state index in [9.17, 15) is 4.79 Å². The fraction of sp³-hybridized carbons (Fsp3) is 0.900. The molecule has 0 spiro atoms. The van der Waals surface area contributed by atoms with Gasteiger partial charge < -0.3 is 20.5 Å². The topological polar surface area (TPSA) is 73.6 Å². The number of ether oxygens (including phenoxy) is 2. The van der Waals surface area contributed by atoms with Gasteiger partial charge in [0.25, 0.3) is 0 Å². The van der Waals surface area contributed by atoms with Gasteiger partial charge >= 0.3 is 0 Å². The van der Waals surface area contributed by atoms with Crippen molar-refractivity contribution in [2.24, 2.45) is 5.73 Å². The van der Waals surface area contributed by atoms with Crippen LogP contribution in [0.1, 0.15) is 19.3 Å². The molecule has 1 aliphatic rings. The van der Waals surface area contributed by atoms with Gasteiger partial charge in [-0.15, -0.1) is 0 Å². The van der Waals surface area contributed by atoms with E-state index in [0.717, 1.165) is 19.3 Å². The molecule has 0 aliphatic heterocycles. The quantitative estimate of drug-likeness (QED) is 0.595. The first kappa shape index (κ1) is 12.4. The molecule has 1 rings (SSSR count). The van der Waals surface area contributed by atoms with Gasteiger partial charge in [0.05, 0.1) is 12.7 Å². The number of methoxy groups -OCH3 is 1. The summed E-state index contributed by atoms with van der Waals surface area (Å²) in [6.07, 6.45) is 3.11. The smallest absolute Gasteiger partial charge is 0.246 e. The number of carbonyl (C=O) groups excluding carboxylic acids is 1. The summed E-state index contributed by atoms with van der Waals surface area (Å²) < 4.78 is 10.2. The Hall–Kier alpha value is -0.650. The number of amides is 1. The summed E-state index contributed by atoms with van der Waals surface area (Å²) in [5, 5.41) is 2.69. The van der Waals surface area contributed by atoms with Crippen LogP contribution < -0.4 is 11.1 Å². The van der Waals surface area contributed by atoms with Crippen molar-refractivity contribution in [3.8, 4) is 0 Å². The zero-order chi connectivity index (χ0) is 11.1. The van der Waals surface area contributed by atoms with Crippen LogP contribution in [-0.4, -0.2) is 44.9 Å². The maximum absolute atomic E-state index is 11.2. The number of rotatable bonds is 6. The van der Waals surface area contributed by atoms with E-state index in [-0.39, 0.29) is 24.7 Å². The van der Waals surface area contributed by atoms with Crippen molar-refractivity contribution in [3.05, 3.63) is 0 Å². The lowest BCUT2D eigenvalue weighted by atomic mass is 10.2. The second-order valence-corrected chi connectivity index (χ2v) is 3.79. The van der Waals surface area contributed by atoms with Gasteiger partial charge in [-0.3, -0.25) is 4.79 Å². The van der Waals surface area contributed by atoms with Gasteiger partial charge in [-0.25, -0.2) is 0 Å². The molecule has 0 aromatic carbocycles. The maximum Gasteiger partial charge on any atom is 0.246 e. The third kappa shape index (κ3) is 4.59. The fourth-order valence-electron chi connectivity index (χ4n) is 1.69. The van der Waals surface area contributed by atoms with Crippen LogP contribution in [0.25, 0.3) is 0 Å². The van der Waals surface area contributed by atoms with Crippen LogP contribution in [0.2, 0.25) is 0 Å². The standard InChI is InChI=1S/C10H20N2O3/c1-14-6-5-12-10(13)7-15-9-4-2-3-8(9)11/h8-9H,2-7,11H2,1H3,(H,12,13). The van der Waals surface area contributed by atoms with Gasteiger partial charge in [-0.1, -0.05) is 0 Å². The molecule has 5 nitrogen and oxygen atoms in total. The molecule has 0 heterocycles. The van der Waals surface area contributed by atoms with Crippen LogP contribution in [0.15, 0.2) is 0 Å². The molecule has 0 aromatic heterocycles. The molecule has 15 heavy (non-hydrogen) atoms. The molecule has 88 valence electrons. The number of nitrogens with two attached hydrogens (primary N) is 1. The Kier molecular flexibility index (Phi) is 5.60. The molecular formula is C10H20N2O3. The molecule has 0 radical (unpaired) electrons. The van der Waals surface area contributed by atoms with E-state index in [0.29, 0.717) is 13.2 Å². The second-order valence-electron chi connectivity index (χ2n) is 3.79. The summed E-state index contributed by atoms with van der Waals surface area (Å²) in [5.41, 5.74) is 5.81. The second kappa shape index (κ2) is 6.76. The molecule has 3 N–H and O–H groups in total. The predicted molar refractivity (Wildman–Crippen MR) is 56.5 cm³/mol. The van der Waals surface area contributed by atoms with E-state index >= 15 is 0 Å². The lowest BCUT2D eigenvalue weighted by molar-refractivity contribution is -0.128. The van der Waals surface area contributed by atoms with Crippen LogP contribution in [0.5, 0.6) is 0 Å². The highest BCUT2D eigenvalue weighted by atomic mass is 16.5. The van der Waals surface area contributed by atoms with Crippen LogP contribution in [0.3, 0.4) is 0 Å². The Morgan fingerprint density at radius 3 is 2.93 bits per heavy atom. The predicted octanol–water partition coefficient (Wildman–Crippen LogP) is -0.355. The first-order valence-electron chi connectivity index (χ1n) is 5.37. The Bertz CT molecular complexity index is 199. The number of carbonyl (C=O) groups is 1. The van der Waals surface area contributed by atoms with E-state index in [1.165, 1.54) is 0 Å². The monoisotopic (exact) mass is 216 g/mol. The SMILES string of the molecule is COCCNC(=O)COC1CCCC1N. The summed E-state index contributed by atoms with van der Waals surface area (Å²) in [6, 6.07) is 0.0942. The first-order chi connectivity index (χ1) is 7.24. The van der Waals surface area contributed by atoms with Crippen LogP contribution in [0, 0.1) is 0 Å². The number of hydrogen-bond donors (Lipinski definition) is 2. The third-order valence-electron chi connectivity index (χ3n) is 2.56. The summed E-state index contributed by atoms with van der Waals surface area (Å²) in [6.45, 7) is 1.15. The average Bonchev–Trinajstić information content (AvgIpc) is 2.61. The van der Waals surface area contributed by atoms with Gasteiger partial charge in [-0.2, -0.15) is 0 Å². The summed E-state index contributed by atoms with van der Waals surface area (Å²) in [4.78, 5) is 11.2. The molecule has 0 aromatic rings. The van der Waals surface area contributed by atoms with Gasteiger partial charge in [0.15, 0.2) is 0 Å².